The van der Waals surface area contributed by atoms with Crippen molar-refractivity contribution >= 4 is 0 Å². The minimum absolute atomic E-state index is 0.299. The highest BCUT2D eigenvalue weighted by Gasteiger charge is 2.10. The second kappa shape index (κ2) is 8.27. The zero-order valence-corrected chi connectivity index (χ0v) is 12.1. The van der Waals surface area contributed by atoms with Crippen LogP contribution in [-0.4, -0.2) is 35.1 Å². The first kappa shape index (κ1) is 15.2. The number of hydrogen-bond donors (Lipinski definition) is 1. The van der Waals surface area contributed by atoms with Crippen molar-refractivity contribution in [2.75, 3.05) is 13.2 Å². The Labute approximate surface area is 111 Å². The van der Waals surface area contributed by atoms with Crippen LogP contribution in [0, 0.1) is 0 Å². The van der Waals surface area contributed by atoms with Gasteiger partial charge in [0.1, 0.15) is 0 Å². The average molecular weight is 253 g/mol. The molecular weight excluding hydrogens is 226 g/mol. The molecule has 1 aromatic heterocycles. The summed E-state index contributed by atoms with van der Waals surface area (Å²) in [6.07, 6.45) is 5.44. The maximum atomic E-state index is 5.72. The monoisotopic (exact) mass is 253 g/mol. The van der Waals surface area contributed by atoms with E-state index in [4.69, 9.17) is 4.74 Å². The second-order valence-electron chi connectivity index (χ2n) is 5.02. The molecule has 18 heavy (non-hydrogen) atoms. The molecule has 0 spiro atoms. The number of aromatic nitrogens is 2. The van der Waals surface area contributed by atoms with Crippen molar-refractivity contribution in [2.45, 2.75) is 52.2 Å². The molecule has 0 bridgehead atoms. The summed E-state index contributed by atoms with van der Waals surface area (Å²) in [4.78, 5) is 0. The van der Waals surface area contributed by atoms with E-state index in [0.29, 0.717) is 12.1 Å². The van der Waals surface area contributed by atoms with Crippen molar-refractivity contribution in [3.05, 3.63) is 18.0 Å². The number of aryl methyl sites for hydroxylation is 2. The van der Waals surface area contributed by atoms with Crippen molar-refractivity contribution in [3.63, 3.8) is 0 Å². The Balaban J connectivity index is 2.37. The lowest BCUT2D eigenvalue weighted by Crippen LogP contribution is -2.35. The SMILES string of the molecule is CCCNC(CCc1ccnn1C)COC(C)C. The summed E-state index contributed by atoms with van der Waals surface area (Å²) in [6.45, 7) is 8.19. The first-order valence-corrected chi connectivity index (χ1v) is 6.95. The highest BCUT2D eigenvalue weighted by molar-refractivity contribution is 5.00. The number of rotatable bonds is 9. The zero-order chi connectivity index (χ0) is 13.4. The lowest BCUT2D eigenvalue weighted by Gasteiger charge is -2.20. The van der Waals surface area contributed by atoms with Crippen LogP contribution >= 0.6 is 0 Å². The molecule has 1 aromatic rings. The van der Waals surface area contributed by atoms with Crippen LogP contribution in [0.5, 0.6) is 0 Å². The average Bonchev–Trinajstić information content (AvgIpc) is 2.74. The molecule has 104 valence electrons. The summed E-state index contributed by atoms with van der Waals surface area (Å²) in [5.41, 5.74) is 1.28. The van der Waals surface area contributed by atoms with Gasteiger partial charge >= 0.3 is 0 Å². The summed E-state index contributed by atoms with van der Waals surface area (Å²) < 4.78 is 7.66. The van der Waals surface area contributed by atoms with E-state index < -0.39 is 0 Å². The van der Waals surface area contributed by atoms with Gasteiger partial charge in [0, 0.05) is 25.0 Å². The summed E-state index contributed by atoms with van der Waals surface area (Å²) in [5.74, 6) is 0. The van der Waals surface area contributed by atoms with Crippen molar-refractivity contribution in [3.8, 4) is 0 Å². The number of nitrogens with zero attached hydrogens (tertiary/aromatic N) is 2. The van der Waals surface area contributed by atoms with Crippen LogP contribution in [0.2, 0.25) is 0 Å². The molecule has 1 heterocycles. The Kier molecular flexibility index (Phi) is 6.98. The van der Waals surface area contributed by atoms with Crippen LogP contribution in [-0.2, 0) is 18.2 Å². The van der Waals surface area contributed by atoms with Gasteiger partial charge in [-0.3, -0.25) is 4.68 Å². The molecule has 1 unspecified atom stereocenters. The Morgan fingerprint density at radius 3 is 2.78 bits per heavy atom. The van der Waals surface area contributed by atoms with E-state index in [9.17, 15) is 0 Å². The van der Waals surface area contributed by atoms with E-state index in [1.807, 2.05) is 17.9 Å². The number of hydrogen-bond acceptors (Lipinski definition) is 3. The largest absolute Gasteiger partial charge is 0.377 e. The first-order chi connectivity index (χ1) is 8.63. The molecule has 1 N–H and O–H groups in total. The lowest BCUT2D eigenvalue weighted by molar-refractivity contribution is 0.0595. The highest BCUT2D eigenvalue weighted by atomic mass is 16.5. The van der Waals surface area contributed by atoms with Gasteiger partial charge in [0.25, 0.3) is 0 Å². The first-order valence-electron chi connectivity index (χ1n) is 6.95. The molecule has 0 saturated carbocycles. The molecule has 4 nitrogen and oxygen atoms in total. The predicted molar refractivity (Wildman–Crippen MR) is 74.7 cm³/mol. The zero-order valence-electron chi connectivity index (χ0n) is 12.1. The maximum absolute atomic E-state index is 5.72. The van der Waals surface area contributed by atoms with Crippen LogP contribution in [0.25, 0.3) is 0 Å². The predicted octanol–water partition coefficient (Wildman–Crippen LogP) is 2.15. The van der Waals surface area contributed by atoms with Crippen molar-refractivity contribution in [1.29, 1.82) is 0 Å². The molecule has 4 heteroatoms. The van der Waals surface area contributed by atoms with Crippen molar-refractivity contribution in [2.24, 2.45) is 7.05 Å². The van der Waals surface area contributed by atoms with Crippen molar-refractivity contribution < 1.29 is 4.74 Å². The van der Waals surface area contributed by atoms with E-state index in [2.05, 4.69) is 37.3 Å². The third kappa shape index (κ3) is 5.65. The molecule has 0 radical (unpaired) electrons. The van der Waals surface area contributed by atoms with Crippen LogP contribution in [0.4, 0.5) is 0 Å². The van der Waals surface area contributed by atoms with Gasteiger partial charge in [0.05, 0.1) is 12.7 Å². The van der Waals surface area contributed by atoms with Gasteiger partial charge in [-0.15, -0.1) is 0 Å². The van der Waals surface area contributed by atoms with Gasteiger partial charge in [-0.25, -0.2) is 0 Å². The molecule has 0 fully saturated rings. The van der Waals surface area contributed by atoms with Gasteiger partial charge in [-0.1, -0.05) is 6.92 Å². The van der Waals surface area contributed by atoms with E-state index in [-0.39, 0.29) is 0 Å². The molecular formula is C14H27N3O. The van der Waals surface area contributed by atoms with Crippen LogP contribution in [0.1, 0.15) is 39.3 Å². The third-order valence-electron chi connectivity index (χ3n) is 2.99. The number of ether oxygens (including phenoxy) is 1. The Bertz CT molecular complexity index is 323. The summed E-state index contributed by atoms with van der Waals surface area (Å²) in [5, 5.41) is 7.75. The van der Waals surface area contributed by atoms with Crippen LogP contribution < -0.4 is 5.32 Å². The Hall–Kier alpha value is -0.870. The van der Waals surface area contributed by atoms with E-state index in [1.54, 1.807) is 0 Å². The molecule has 0 amide bonds. The molecule has 0 aliphatic carbocycles. The second-order valence-corrected chi connectivity index (χ2v) is 5.02. The Morgan fingerprint density at radius 2 is 2.22 bits per heavy atom. The van der Waals surface area contributed by atoms with Gasteiger partial charge in [0.15, 0.2) is 0 Å². The van der Waals surface area contributed by atoms with E-state index in [0.717, 1.165) is 32.4 Å². The quantitative estimate of drug-likeness (QED) is 0.733. The van der Waals surface area contributed by atoms with Crippen LogP contribution in [0.3, 0.4) is 0 Å². The van der Waals surface area contributed by atoms with Gasteiger partial charge in [-0.2, -0.15) is 5.10 Å². The van der Waals surface area contributed by atoms with Crippen molar-refractivity contribution in [1.82, 2.24) is 15.1 Å². The highest BCUT2D eigenvalue weighted by Crippen LogP contribution is 2.05. The molecule has 0 aromatic carbocycles. The minimum Gasteiger partial charge on any atom is -0.377 e. The van der Waals surface area contributed by atoms with Crippen LogP contribution in [0.15, 0.2) is 12.3 Å². The van der Waals surface area contributed by atoms with E-state index in [1.165, 1.54) is 5.69 Å². The normalized spacial score (nSPS) is 13.2. The maximum Gasteiger partial charge on any atom is 0.0623 e. The van der Waals surface area contributed by atoms with Gasteiger partial charge < -0.3 is 10.1 Å². The summed E-state index contributed by atoms with van der Waals surface area (Å²) >= 11 is 0. The lowest BCUT2D eigenvalue weighted by atomic mass is 10.1. The Morgan fingerprint density at radius 1 is 1.44 bits per heavy atom. The fraction of sp³-hybridized carbons (Fsp3) is 0.786. The smallest absolute Gasteiger partial charge is 0.0623 e. The summed E-state index contributed by atoms with van der Waals surface area (Å²) in [7, 11) is 1.99. The third-order valence-corrected chi connectivity index (χ3v) is 2.99. The molecule has 0 saturated heterocycles. The molecule has 1 rings (SSSR count). The fourth-order valence-electron chi connectivity index (χ4n) is 1.87. The van der Waals surface area contributed by atoms with Gasteiger partial charge in [0.2, 0.25) is 0 Å². The fourth-order valence-corrected chi connectivity index (χ4v) is 1.87. The minimum atomic E-state index is 0.299. The molecule has 1 atom stereocenters. The number of nitrogens with one attached hydrogen (secondary N) is 1. The topological polar surface area (TPSA) is 39.1 Å². The van der Waals surface area contributed by atoms with Gasteiger partial charge in [-0.05, 0) is 45.7 Å². The van der Waals surface area contributed by atoms with E-state index >= 15 is 0 Å². The molecule has 0 aliphatic heterocycles. The standard InChI is InChI=1S/C14H27N3O/c1-5-9-15-13(11-18-12(2)3)6-7-14-8-10-16-17(14)4/h8,10,12-13,15H,5-7,9,11H2,1-4H3. The molecule has 0 aliphatic rings. The summed E-state index contributed by atoms with van der Waals surface area (Å²) in [6, 6.07) is 2.52.